The number of para-hydroxylation sites is 1. The van der Waals surface area contributed by atoms with Gasteiger partial charge in [-0.25, -0.2) is 4.98 Å². The highest BCUT2D eigenvalue weighted by molar-refractivity contribution is 8.01. The summed E-state index contributed by atoms with van der Waals surface area (Å²) in [5.74, 6) is 0.164. The van der Waals surface area contributed by atoms with Gasteiger partial charge >= 0.3 is 5.97 Å². The normalized spacial score (nSPS) is 13.0. The van der Waals surface area contributed by atoms with Crippen molar-refractivity contribution in [1.82, 2.24) is 4.98 Å². The lowest BCUT2D eigenvalue weighted by atomic mass is 10.2. The van der Waals surface area contributed by atoms with Gasteiger partial charge < -0.3 is 9.64 Å². The molecule has 5 nitrogen and oxygen atoms in total. The Balaban J connectivity index is 1.54. The fourth-order valence-electron chi connectivity index (χ4n) is 2.59. The number of thioether (sulfide) groups is 1. The molecule has 0 saturated carbocycles. The van der Waals surface area contributed by atoms with Gasteiger partial charge in [-0.05, 0) is 25.0 Å². The van der Waals surface area contributed by atoms with Crippen molar-refractivity contribution in [3.8, 4) is 0 Å². The number of benzene rings is 1. The molecule has 0 saturated heterocycles. The van der Waals surface area contributed by atoms with Crippen molar-refractivity contribution in [2.45, 2.75) is 24.1 Å². The molecule has 0 spiro atoms. The third kappa shape index (κ3) is 3.96. The topological polar surface area (TPSA) is 59.5 Å². The van der Waals surface area contributed by atoms with E-state index in [0.717, 1.165) is 23.0 Å². The van der Waals surface area contributed by atoms with Crippen LogP contribution in [0.1, 0.15) is 18.2 Å². The van der Waals surface area contributed by atoms with Crippen LogP contribution in [0.2, 0.25) is 0 Å². The second-order valence-corrected chi connectivity index (χ2v) is 7.38. The summed E-state index contributed by atoms with van der Waals surface area (Å²) in [4.78, 5) is 30.1. The molecule has 0 fully saturated rings. The van der Waals surface area contributed by atoms with Crippen LogP contribution in [-0.4, -0.2) is 35.8 Å². The maximum atomic E-state index is 12.5. The maximum Gasteiger partial charge on any atom is 0.311 e. The van der Waals surface area contributed by atoms with Gasteiger partial charge in [0, 0.05) is 17.6 Å². The minimum atomic E-state index is -0.274. The third-order valence-electron chi connectivity index (χ3n) is 3.67. The summed E-state index contributed by atoms with van der Waals surface area (Å²) in [5, 5.41) is 1.84. The van der Waals surface area contributed by atoms with E-state index in [1.54, 1.807) is 6.92 Å². The molecule has 0 atom stereocenters. The molecule has 1 aliphatic rings. The third-order valence-corrected chi connectivity index (χ3v) is 5.72. The molecule has 7 heteroatoms. The first kappa shape index (κ1) is 17.0. The highest BCUT2D eigenvalue weighted by Crippen LogP contribution is 2.29. The van der Waals surface area contributed by atoms with Crippen molar-refractivity contribution >= 4 is 40.7 Å². The second-order valence-electron chi connectivity index (χ2n) is 5.30. The van der Waals surface area contributed by atoms with Crippen LogP contribution in [-0.2, 0) is 27.2 Å². The second kappa shape index (κ2) is 7.81. The van der Waals surface area contributed by atoms with Gasteiger partial charge in [0.25, 0.3) is 0 Å². The molecule has 0 aliphatic carbocycles. The summed E-state index contributed by atoms with van der Waals surface area (Å²) in [6, 6.07) is 8.02. The van der Waals surface area contributed by atoms with Crippen LogP contribution in [0.25, 0.3) is 0 Å². The van der Waals surface area contributed by atoms with E-state index in [2.05, 4.69) is 11.1 Å². The van der Waals surface area contributed by atoms with Crippen LogP contribution in [0.5, 0.6) is 0 Å². The van der Waals surface area contributed by atoms with Gasteiger partial charge in [-0.3, -0.25) is 9.59 Å². The molecule has 0 bridgehead atoms. The van der Waals surface area contributed by atoms with Gasteiger partial charge in [-0.15, -0.1) is 11.3 Å². The SMILES string of the molecule is CCOC(=O)Cc1csc(SCC(=O)N2CCc3ccccc32)n1. The van der Waals surface area contributed by atoms with E-state index < -0.39 is 0 Å². The van der Waals surface area contributed by atoms with Gasteiger partial charge in [0.2, 0.25) is 5.91 Å². The molecule has 0 radical (unpaired) electrons. The Hall–Kier alpha value is -1.86. The number of anilines is 1. The van der Waals surface area contributed by atoms with Crippen LogP contribution >= 0.6 is 23.1 Å². The largest absolute Gasteiger partial charge is 0.466 e. The first-order valence-electron chi connectivity index (χ1n) is 7.78. The zero-order valence-electron chi connectivity index (χ0n) is 13.4. The fourth-order valence-corrected chi connectivity index (χ4v) is 4.32. The number of carbonyl (C=O) groups excluding carboxylic acids is 2. The number of hydrogen-bond acceptors (Lipinski definition) is 6. The van der Waals surface area contributed by atoms with Gasteiger partial charge in [-0.2, -0.15) is 0 Å². The average Bonchev–Trinajstić information content (AvgIpc) is 3.19. The van der Waals surface area contributed by atoms with Crippen molar-refractivity contribution in [1.29, 1.82) is 0 Å². The molecule has 1 amide bonds. The minimum absolute atomic E-state index is 0.0899. The molecule has 3 rings (SSSR count). The highest BCUT2D eigenvalue weighted by Gasteiger charge is 2.24. The van der Waals surface area contributed by atoms with Gasteiger partial charge in [0.15, 0.2) is 4.34 Å². The Labute approximate surface area is 149 Å². The summed E-state index contributed by atoms with van der Waals surface area (Å²) < 4.78 is 5.71. The van der Waals surface area contributed by atoms with E-state index in [1.807, 2.05) is 28.5 Å². The summed E-state index contributed by atoms with van der Waals surface area (Å²) in [5.41, 5.74) is 2.94. The molecule has 0 N–H and O–H groups in total. The van der Waals surface area contributed by atoms with E-state index in [1.165, 1.54) is 28.7 Å². The molecule has 1 aromatic heterocycles. The molecule has 1 aromatic carbocycles. The van der Waals surface area contributed by atoms with Crippen LogP contribution < -0.4 is 4.90 Å². The number of hydrogen-bond donors (Lipinski definition) is 0. The number of amides is 1. The van der Waals surface area contributed by atoms with Gasteiger partial charge in [-0.1, -0.05) is 30.0 Å². The van der Waals surface area contributed by atoms with Crippen molar-refractivity contribution in [3.05, 3.63) is 40.9 Å². The summed E-state index contributed by atoms with van der Waals surface area (Å²) in [7, 11) is 0. The number of aromatic nitrogens is 1. The van der Waals surface area contributed by atoms with Crippen LogP contribution in [0.3, 0.4) is 0 Å². The number of fused-ring (bicyclic) bond motifs is 1. The number of rotatable bonds is 6. The Morgan fingerprint density at radius 2 is 2.21 bits per heavy atom. The van der Waals surface area contributed by atoms with Gasteiger partial charge in [0.1, 0.15) is 0 Å². The van der Waals surface area contributed by atoms with Crippen molar-refractivity contribution < 1.29 is 14.3 Å². The number of thiazole rings is 1. The maximum absolute atomic E-state index is 12.5. The zero-order chi connectivity index (χ0) is 16.9. The van der Waals surface area contributed by atoms with Crippen LogP contribution in [0.4, 0.5) is 5.69 Å². The number of ether oxygens (including phenoxy) is 1. The average molecular weight is 362 g/mol. The molecule has 2 aromatic rings. The minimum Gasteiger partial charge on any atom is -0.466 e. The summed E-state index contributed by atoms with van der Waals surface area (Å²) >= 11 is 2.87. The van der Waals surface area contributed by atoms with Crippen molar-refractivity contribution in [3.63, 3.8) is 0 Å². The molecule has 0 unspecified atom stereocenters. The van der Waals surface area contributed by atoms with E-state index in [0.29, 0.717) is 18.1 Å². The number of carbonyl (C=O) groups is 2. The smallest absolute Gasteiger partial charge is 0.311 e. The first-order valence-corrected chi connectivity index (χ1v) is 9.65. The highest BCUT2D eigenvalue weighted by atomic mass is 32.2. The molecular weight excluding hydrogens is 344 g/mol. The molecule has 2 heterocycles. The van der Waals surface area contributed by atoms with E-state index in [9.17, 15) is 9.59 Å². The van der Waals surface area contributed by atoms with E-state index >= 15 is 0 Å². The standard InChI is InChI=1S/C17H18N2O3S2/c1-2-22-16(21)9-13-10-23-17(18-13)24-11-15(20)19-8-7-12-5-3-4-6-14(12)19/h3-6,10H,2,7-9,11H2,1H3. The number of esters is 1. The van der Waals surface area contributed by atoms with Crippen LogP contribution in [0.15, 0.2) is 34.0 Å². The Morgan fingerprint density at radius 1 is 1.38 bits per heavy atom. The number of nitrogens with zero attached hydrogens (tertiary/aromatic N) is 2. The van der Waals surface area contributed by atoms with E-state index in [4.69, 9.17) is 4.74 Å². The quantitative estimate of drug-likeness (QED) is 0.584. The van der Waals surface area contributed by atoms with Gasteiger partial charge in [0.05, 0.1) is 24.5 Å². The Morgan fingerprint density at radius 3 is 3.04 bits per heavy atom. The summed E-state index contributed by atoms with van der Waals surface area (Å²) in [6.45, 7) is 2.89. The van der Waals surface area contributed by atoms with E-state index in [-0.39, 0.29) is 18.3 Å². The Bertz CT molecular complexity index is 745. The fraction of sp³-hybridized carbons (Fsp3) is 0.353. The lowest BCUT2D eigenvalue weighted by Crippen LogP contribution is -2.30. The predicted molar refractivity (Wildman–Crippen MR) is 95.7 cm³/mol. The lowest BCUT2D eigenvalue weighted by Gasteiger charge is -2.16. The van der Waals surface area contributed by atoms with Crippen LogP contribution in [0, 0.1) is 0 Å². The Kier molecular flexibility index (Phi) is 5.52. The monoisotopic (exact) mass is 362 g/mol. The summed E-state index contributed by atoms with van der Waals surface area (Å²) in [6.07, 6.45) is 1.09. The molecule has 126 valence electrons. The molecule has 24 heavy (non-hydrogen) atoms. The van der Waals surface area contributed by atoms with Crippen molar-refractivity contribution in [2.75, 3.05) is 23.8 Å². The molecular formula is C17H18N2O3S2. The molecule has 1 aliphatic heterocycles. The zero-order valence-corrected chi connectivity index (χ0v) is 15.0. The first-order chi connectivity index (χ1) is 11.7. The lowest BCUT2D eigenvalue weighted by molar-refractivity contribution is -0.142. The van der Waals surface area contributed by atoms with Crippen molar-refractivity contribution in [2.24, 2.45) is 0 Å². The predicted octanol–water partition coefficient (Wildman–Crippen LogP) is 2.93.